The molecule has 0 saturated carbocycles. The first-order valence-corrected chi connectivity index (χ1v) is 5.94. The van der Waals surface area contributed by atoms with E-state index in [1.54, 1.807) is 18.3 Å². The van der Waals surface area contributed by atoms with E-state index in [0.29, 0.717) is 24.7 Å². The maximum Gasteiger partial charge on any atom is 0.354 e. The minimum Gasteiger partial charge on any atom is -0.478 e. The van der Waals surface area contributed by atoms with Gasteiger partial charge in [0.05, 0.1) is 24.5 Å². The molecular formula is C13H15N3O3. The molecule has 6 nitrogen and oxygen atoms in total. The first kappa shape index (κ1) is 12.9. The van der Waals surface area contributed by atoms with Gasteiger partial charge < -0.3 is 20.1 Å². The monoisotopic (exact) mass is 261 g/mol. The summed E-state index contributed by atoms with van der Waals surface area (Å²) in [4.78, 5) is 17.9. The van der Waals surface area contributed by atoms with E-state index >= 15 is 0 Å². The summed E-state index contributed by atoms with van der Waals surface area (Å²) in [6, 6.07) is 7.16. The number of aromatic carboxylic acids is 1. The van der Waals surface area contributed by atoms with Crippen LogP contribution in [0.25, 0.3) is 0 Å². The molecule has 0 atom stereocenters. The molecule has 3 N–H and O–H groups in total. The molecule has 2 rings (SSSR count). The molecule has 2 aromatic heterocycles. The van der Waals surface area contributed by atoms with Crippen molar-refractivity contribution in [2.45, 2.75) is 13.5 Å². The van der Waals surface area contributed by atoms with E-state index in [1.165, 1.54) is 0 Å². The standard InChI is InChI=1S/C13H15N3O3/c1-2-19-11-5-3-4-9(16-11)8-15-10-6-7-14-12(10)13(17)18/h3-7,14-15H,2,8H2,1H3,(H,17,18). The minimum absolute atomic E-state index is 0.140. The van der Waals surface area contributed by atoms with Crippen molar-refractivity contribution in [1.82, 2.24) is 9.97 Å². The number of nitrogens with one attached hydrogen (secondary N) is 2. The van der Waals surface area contributed by atoms with E-state index in [0.717, 1.165) is 5.69 Å². The molecule has 2 heterocycles. The van der Waals surface area contributed by atoms with E-state index < -0.39 is 5.97 Å². The lowest BCUT2D eigenvalue weighted by atomic mass is 10.3. The van der Waals surface area contributed by atoms with E-state index in [4.69, 9.17) is 9.84 Å². The molecule has 0 fully saturated rings. The van der Waals surface area contributed by atoms with Gasteiger partial charge in [0.25, 0.3) is 0 Å². The Kier molecular flexibility index (Phi) is 4.02. The number of carboxylic acid groups (broad SMARTS) is 1. The number of rotatable bonds is 6. The van der Waals surface area contributed by atoms with Crippen LogP contribution in [-0.4, -0.2) is 27.7 Å². The minimum atomic E-state index is -0.997. The SMILES string of the molecule is CCOc1cccc(CNc2cc[nH]c2C(=O)O)n1. The number of hydrogen-bond acceptors (Lipinski definition) is 4. The lowest BCUT2D eigenvalue weighted by Gasteiger charge is -2.07. The fourth-order valence-electron chi connectivity index (χ4n) is 1.66. The molecule has 0 amide bonds. The zero-order valence-electron chi connectivity index (χ0n) is 10.5. The summed E-state index contributed by atoms with van der Waals surface area (Å²) in [5.74, 6) is -0.433. The zero-order chi connectivity index (χ0) is 13.7. The van der Waals surface area contributed by atoms with Gasteiger partial charge in [-0.25, -0.2) is 9.78 Å². The molecule has 0 saturated heterocycles. The van der Waals surface area contributed by atoms with Crippen LogP contribution in [0.15, 0.2) is 30.5 Å². The topological polar surface area (TPSA) is 87.2 Å². The van der Waals surface area contributed by atoms with Crippen LogP contribution in [0.2, 0.25) is 0 Å². The highest BCUT2D eigenvalue weighted by molar-refractivity contribution is 5.92. The summed E-state index contributed by atoms with van der Waals surface area (Å²) >= 11 is 0. The maximum atomic E-state index is 10.9. The number of ether oxygens (including phenoxy) is 1. The second-order valence-electron chi connectivity index (χ2n) is 3.83. The van der Waals surface area contributed by atoms with E-state index in [1.807, 2.05) is 19.1 Å². The fraction of sp³-hybridized carbons (Fsp3) is 0.231. The predicted molar refractivity (Wildman–Crippen MR) is 70.5 cm³/mol. The summed E-state index contributed by atoms with van der Waals surface area (Å²) < 4.78 is 5.31. The van der Waals surface area contributed by atoms with Crippen LogP contribution in [0.4, 0.5) is 5.69 Å². The molecule has 6 heteroatoms. The molecular weight excluding hydrogens is 246 g/mol. The number of aromatic nitrogens is 2. The number of carbonyl (C=O) groups is 1. The van der Waals surface area contributed by atoms with Crippen LogP contribution in [0.3, 0.4) is 0 Å². The van der Waals surface area contributed by atoms with Crippen molar-refractivity contribution in [3.63, 3.8) is 0 Å². The van der Waals surface area contributed by atoms with E-state index in [9.17, 15) is 4.79 Å². The Labute approximate surface area is 110 Å². The summed E-state index contributed by atoms with van der Waals surface area (Å²) in [5.41, 5.74) is 1.46. The average Bonchev–Trinajstić information content (AvgIpc) is 2.86. The van der Waals surface area contributed by atoms with Crippen molar-refractivity contribution < 1.29 is 14.6 Å². The molecule has 0 unspecified atom stereocenters. The van der Waals surface area contributed by atoms with Gasteiger partial charge in [0.1, 0.15) is 5.69 Å². The highest BCUT2D eigenvalue weighted by atomic mass is 16.5. The highest BCUT2D eigenvalue weighted by Gasteiger charge is 2.10. The van der Waals surface area contributed by atoms with Crippen LogP contribution in [0, 0.1) is 0 Å². The number of pyridine rings is 1. The van der Waals surface area contributed by atoms with Crippen LogP contribution in [0.1, 0.15) is 23.1 Å². The van der Waals surface area contributed by atoms with Gasteiger partial charge in [-0.15, -0.1) is 0 Å². The molecule has 19 heavy (non-hydrogen) atoms. The molecule has 0 aliphatic carbocycles. The van der Waals surface area contributed by atoms with E-state index in [2.05, 4.69) is 15.3 Å². The number of H-pyrrole nitrogens is 1. The number of aromatic amines is 1. The van der Waals surface area contributed by atoms with Gasteiger partial charge in [-0.2, -0.15) is 0 Å². The van der Waals surface area contributed by atoms with E-state index in [-0.39, 0.29) is 5.69 Å². The Bertz CT molecular complexity index is 566. The molecule has 0 aromatic carbocycles. The average molecular weight is 261 g/mol. The van der Waals surface area contributed by atoms with Gasteiger partial charge >= 0.3 is 5.97 Å². The van der Waals surface area contributed by atoms with Gasteiger partial charge in [-0.3, -0.25) is 0 Å². The summed E-state index contributed by atoms with van der Waals surface area (Å²) in [6.45, 7) is 2.88. The van der Waals surface area contributed by atoms with Crippen LogP contribution < -0.4 is 10.1 Å². The first-order chi connectivity index (χ1) is 9.20. The lowest BCUT2D eigenvalue weighted by Crippen LogP contribution is -2.06. The zero-order valence-corrected chi connectivity index (χ0v) is 10.5. The Balaban J connectivity index is 2.04. The van der Waals surface area contributed by atoms with Gasteiger partial charge in [0, 0.05) is 12.3 Å². The molecule has 0 bridgehead atoms. The first-order valence-electron chi connectivity index (χ1n) is 5.94. The Morgan fingerprint density at radius 1 is 1.47 bits per heavy atom. The molecule has 100 valence electrons. The lowest BCUT2D eigenvalue weighted by molar-refractivity contribution is 0.0692. The molecule has 2 aromatic rings. The smallest absolute Gasteiger partial charge is 0.354 e. The number of hydrogen-bond donors (Lipinski definition) is 3. The number of anilines is 1. The van der Waals surface area contributed by atoms with Crippen molar-refractivity contribution in [3.05, 3.63) is 41.9 Å². The third-order valence-electron chi connectivity index (χ3n) is 2.49. The third kappa shape index (κ3) is 3.25. The molecule has 0 spiro atoms. The Morgan fingerprint density at radius 3 is 3.05 bits per heavy atom. The highest BCUT2D eigenvalue weighted by Crippen LogP contribution is 2.15. The van der Waals surface area contributed by atoms with Crippen molar-refractivity contribution in [1.29, 1.82) is 0 Å². The number of nitrogens with zero attached hydrogens (tertiary/aromatic N) is 1. The normalized spacial score (nSPS) is 10.2. The summed E-state index contributed by atoms with van der Waals surface area (Å²) in [5, 5.41) is 12.0. The van der Waals surface area contributed by atoms with Crippen LogP contribution in [-0.2, 0) is 6.54 Å². The third-order valence-corrected chi connectivity index (χ3v) is 2.49. The van der Waals surface area contributed by atoms with Crippen LogP contribution in [0.5, 0.6) is 5.88 Å². The van der Waals surface area contributed by atoms with Crippen molar-refractivity contribution in [2.75, 3.05) is 11.9 Å². The Morgan fingerprint density at radius 2 is 2.32 bits per heavy atom. The quantitative estimate of drug-likeness (QED) is 0.741. The largest absolute Gasteiger partial charge is 0.478 e. The van der Waals surface area contributed by atoms with Crippen molar-refractivity contribution in [2.24, 2.45) is 0 Å². The fourth-order valence-corrected chi connectivity index (χ4v) is 1.66. The predicted octanol–water partition coefficient (Wildman–Crippen LogP) is 2.12. The van der Waals surface area contributed by atoms with Gasteiger partial charge in [-0.1, -0.05) is 6.07 Å². The maximum absolute atomic E-state index is 10.9. The van der Waals surface area contributed by atoms with Crippen molar-refractivity contribution in [3.8, 4) is 5.88 Å². The molecule has 0 aliphatic rings. The van der Waals surface area contributed by atoms with Gasteiger partial charge in [0.2, 0.25) is 5.88 Å². The molecule has 0 radical (unpaired) electrons. The van der Waals surface area contributed by atoms with Gasteiger partial charge in [-0.05, 0) is 19.1 Å². The Hall–Kier alpha value is -2.50. The second kappa shape index (κ2) is 5.90. The van der Waals surface area contributed by atoms with Crippen molar-refractivity contribution >= 4 is 11.7 Å². The van der Waals surface area contributed by atoms with Crippen LogP contribution >= 0.6 is 0 Å². The summed E-state index contributed by atoms with van der Waals surface area (Å²) in [6.07, 6.45) is 1.58. The second-order valence-corrected chi connectivity index (χ2v) is 3.83. The van der Waals surface area contributed by atoms with Gasteiger partial charge in [0.15, 0.2) is 0 Å². The number of carboxylic acids is 1. The summed E-state index contributed by atoms with van der Waals surface area (Å²) in [7, 11) is 0. The molecule has 0 aliphatic heterocycles.